The monoisotopic (exact) mass is 452 g/mol. The van der Waals surface area contributed by atoms with Crippen molar-refractivity contribution < 1.29 is 31.8 Å². The number of rotatable bonds is 8. The molecule has 0 unspecified atom stereocenters. The highest BCUT2D eigenvalue weighted by Gasteiger charge is 2.29. The predicted molar refractivity (Wildman–Crippen MR) is 112 cm³/mol. The zero-order chi connectivity index (χ0) is 22.4. The maximum absolute atomic E-state index is 14.3. The molecule has 1 saturated heterocycles. The van der Waals surface area contributed by atoms with Crippen molar-refractivity contribution in [2.75, 3.05) is 45.8 Å². The number of methoxy groups -OCH3 is 2. The fourth-order valence-electron chi connectivity index (χ4n) is 3.22. The number of carbonyl (C=O) groups is 1. The van der Waals surface area contributed by atoms with Gasteiger partial charge in [0.05, 0.1) is 27.4 Å². The van der Waals surface area contributed by atoms with E-state index in [1.165, 1.54) is 17.5 Å². The highest BCUT2D eigenvalue weighted by Crippen LogP contribution is 2.28. The number of hydrogen-bond acceptors (Lipinski definition) is 6. The number of nitrogens with one attached hydrogen (secondary N) is 1. The van der Waals surface area contributed by atoms with E-state index < -0.39 is 20.7 Å². The first-order chi connectivity index (χ1) is 14.8. The number of carbonyl (C=O) groups excluding carboxylic acids is 1. The lowest BCUT2D eigenvalue weighted by atomic mass is 10.1. The number of sulfonamides is 1. The molecule has 0 saturated carbocycles. The molecule has 8 nitrogen and oxygen atoms in total. The van der Waals surface area contributed by atoms with Crippen LogP contribution in [0.3, 0.4) is 0 Å². The van der Waals surface area contributed by atoms with Crippen LogP contribution >= 0.6 is 0 Å². The molecule has 1 fully saturated rings. The number of ether oxygens (including phenoxy) is 3. The molecular weight excluding hydrogens is 427 g/mol. The molecule has 2 aromatic carbocycles. The van der Waals surface area contributed by atoms with E-state index in [0.29, 0.717) is 17.9 Å². The summed E-state index contributed by atoms with van der Waals surface area (Å²) in [5.74, 6) is -0.0288. The molecule has 1 aliphatic heterocycles. The average Bonchev–Trinajstić information content (AvgIpc) is 2.79. The van der Waals surface area contributed by atoms with Gasteiger partial charge in [-0.05, 0) is 42.3 Å². The summed E-state index contributed by atoms with van der Waals surface area (Å²) < 4.78 is 56.6. The van der Waals surface area contributed by atoms with Gasteiger partial charge in [-0.1, -0.05) is 6.07 Å². The number of amides is 1. The van der Waals surface area contributed by atoms with E-state index >= 15 is 0 Å². The third-order valence-electron chi connectivity index (χ3n) is 4.89. The van der Waals surface area contributed by atoms with Crippen LogP contribution in [0.15, 0.2) is 41.3 Å². The molecule has 10 heteroatoms. The third kappa shape index (κ3) is 5.52. The van der Waals surface area contributed by atoms with Crippen LogP contribution in [-0.2, 0) is 26.0 Å². The topological polar surface area (TPSA) is 94.2 Å². The Morgan fingerprint density at radius 1 is 1.10 bits per heavy atom. The minimum absolute atomic E-state index is 0.151. The second kappa shape index (κ2) is 10.1. The number of aryl methyl sites for hydroxylation is 1. The average molecular weight is 453 g/mol. The Kier molecular flexibility index (Phi) is 7.47. The SMILES string of the molecule is COc1ccc(CCC(=O)Nc2ccc(F)c(S(=O)(=O)N3CCOCC3)c2)cc1OC. The van der Waals surface area contributed by atoms with Gasteiger partial charge >= 0.3 is 0 Å². The van der Waals surface area contributed by atoms with Crippen molar-refractivity contribution in [3.8, 4) is 11.5 Å². The van der Waals surface area contributed by atoms with Gasteiger partial charge in [0.1, 0.15) is 10.7 Å². The van der Waals surface area contributed by atoms with Crippen molar-refractivity contribution in [3.05, 3.63) is 47.8 Å². The third-order valence-corrected chi connectivity index (χ3v) is 6.81. The Balaban J connectivity index is 1.67. The smallest absolute Gasteiger partial charge is 0.246 e. The summed E-state index contributed by atoms with van der Waals surface area (Å²) in [6.45, 7) is 0.828. The Morgan fingerprint density at radius 2 is 1.81 bits per heavy atom. The highest BCUT2D eigenvalue weighted by molar-refractivity contribution is 7.89. The van der Waals surface area contributed by atoms with Crippen LogP contribution in [0.2, 0.25) is 0 Å². The molecule has 0 bridgehead atoms. The van der Waals surface area contributed by atoms with Gasteiger partial charge in [0.25, 0.3) is 0 Å². The zero-order valence-corrected chi connectivity index (χ0v) is 18.2. The summed E-state index contributed by atoms with van der Waals surface area (Å²) >= 11 is 0. The molecular formula is C21H25FN2O6S. The Morgan fingerprint density at radius 3 is 2.48 bits per heavy atom. The van der Waals surface area contributed by atoms with Gasteiger partial charge in [0.2, 0.25) is 15.9 Å². The van der Waals surface area contributed by atoms with Gasteiger partial charge in [0.15, 0.2) is 11.5 Å². The van der Waals surface area contributed by atoms with Crippen molar-refractivity contribution in [2.24, 2.45) is 0 Å². The van der Waals surface area contributed by atoms with Crippen LogP contribution in [0, 0.1) is 5.82 Å². The molecule has 0 atom stereocenters. The van der Waals surface area contributed by atoms with E-state index in [1.54, 1.807) is 19.2 Å². The van der Waals surface area contributed by atoms with Gasteiger partial charge in [-0.2, -0.15) is 4.31 Å². The second-order valence-corrected chi connectivity index (χ2v) is 8.81. The largest absolute Gasteiger partial charge is 0.493 e. The fourth-order valence-corrected chi connectivity index (χ4v) is 4.72. The van der Waals surface area contributed by atoms with Crippen molar-refractivity contribution in [2.45, 2.75) is 17.7 Å². The highest BCUT2D eigenvalue weighted by atomic mass is 32.2. The molecule has 1 N–H and O–H groups in total. The quantitative estimate of drug-likeness (QED) is 0.661. The molecule has 0 radical (unpaired) electrons. The van der Waals surface area contributed by atoms with Gasteiger partial charge in [-0.25, -0.2) is 12.8 Å². The summed E-state index contributed by atoms with van der Waals surface area (Å²) in [6, 6.07) is 8.90. The number of hydrogen-bond donors (Lipinski definition) is 1. The Bertz CT molecular complexity index is 1040. The summed E-state index contributed by atoms with van der Waals surface area (Å²) in [4.78, 5) is 11.9. The standard InChI is InChI=1S/C21H25FN2O6S/c1-28-18-7-3-15(13-19(18)29-2)4-8-21(25)23-16-5-6-17(22)20(14-16)31(26,27)24-9-11-30-12-10-24/h3,5-7,13-14H,4,8-12H2,1-2H3,(H,23,25). The molecule has 168 valence electrons. The molecule has 1 aliphatic rings. The number of halogens is 1. The van der Waals surface area contributed by atoms with Crippen LogP contribution in [0.25, 0.3) is 0 Å². The summed E-state index contributed by atoms with van der Waals surface area (Å²) in [5.41, 5.74) is 1.09. The summed E-state index contributed by atoms with van der Waals surface area (Å²) in [6.07, 6.45) is 0.588. The van der Waals surface area contributed by atoms with E-state index in [4.69, 9.17) is 14.2 Å². The number of benzene rings is 2. The van der Waals surface area contributed by atoms with E-state index in [0.717, 1.165) is 17.7 Å². The lowest BCUT2D eigenvalue weighted by Crippen LogP contribution is -2.40. The molecule has 3 rings (SSSR count). The van der Waals surface area contributed by atoms with Crippen molar-refractivity contribution >= 4 is 21.6 Å². The molecule has 1 amide bonds. The lowest BCUT2D eigenvalue weighted by molar-refractivity contribution is -0.116. The maximum Gasteiger partial charge on any atom is 0.246 e. The first-order valence-electron chi connectivity index (χ1n) is 9.73. The molecule has 31 heavy (non-hydrogen) atoms. The van der Waals surface area contributed by atoms with E-state index in [9.17, 15) is 17.6 Å². The van der Waals surface area contributed by atoms with Crippen LogP contribution < -0.4 is 14.8 Å². The molecule has 0 aromatic heterocycles. The van der Waals surface area contributed by atoms with Crippen LogP contribution in [0.1, 0.15) is 12.0 Å². The van der Waals surface area contributed by atoms with Crippen molar-refractivity contribution in [1.29, 1.82) is 0 Å². The second-order valence-electron chi connectivity index (χ2n) is 6.90. The minimum Gasteiger partial charge on any atom is -0.493 e. The van der Waals surface area contributed by atoms with Crippen molar-refractivity contribution in [1.82, 2.24) is 4.31 Å². The predicted octanol–water partition coefficient (Wildman–Crippen LogP) is 2.44. The number of anilines is 1. The molecule has 1 heterocycles. The lowest BCUT2D eigenvalue weighted by Gasteiger charge is -2.26. The van der Waals surface area contributed by atoms with E-state index in [-0.39, 0.29) is 44.3 Å². The van der Waals surface area contributed by atoms with Gasteiger partial charge in [-0.15, -0.1) is 0 Å². The van der Waals surface area contributed by atoms with Gasteiger partial charge in [-0.3, -0.25) is 4.79 Å². The van der Waals surface area contributed by atoms with Crippen LogP contribution in [-0.4, -0.2) is 59.2 Å². The molecule has 0 spiro atoms. The molecule has 2 aromatic rings. The van der Waals surface area contributed by atoms with Crippen molar-refractivity contribution in [3.63, 3.8) is 0 Å². The zero-order valence-electron chi connectivity index (χ0n) is 17.4. The summed E-state index contributed by atoms with van der Waals surface area (Å²) in [7, 11) is -0.943. The molecule has 0 aliphatic carbocycles. The number of morpholine rings is 1. The van der Waals surface area contributed by atoms with E-state index in [1.807, 2.05) is 6.07 Å². The Labute approximate surface area is 181 Å². The minimum atomic E-state index is -4.02. The van der Waals surface area contributed by atoms with Crippen LogP contribution in [0.5, 0.6) is 11.5 Å². The van der Waals surface area contributed by atoms with E-state index in [2.05, 4.69) is 5.32 Å². The normalized spacial score (nSPS) is 14.8. The van der Waals surface area contributed by atoms with Gasteiger partial charge in [0, 0.05) is 25.2 Å². The fraction of sp³-hybridized carbons (Fsp3) is 0.381. The van der Waals surface area contributed by atoms with Crippen LogP contribution in [0.4, 0.5) is 10.1 Å². The first kappa shape index (κ1) is 23.0. The number of nitrogens with zero attached hydrogens (tertiary/aromatic N) is 1. The first-order valence-corrected chi connectivity index (χ1v) is 11.2. The Hall–Kier alpha value is -2.69. The van der Waals surface area contributed by atoms with Gasteiger partial charge < -0.3 is 19.5 Å². The summed E-state index contributed by atoms with van der Waals surface area (Å²) in [5, 5.41) is 2.64. The maximum atomic E-state index is 14.3.